The Labute approximate surface area is 122 Å². The molecule has 0 bridgehead atoms. The van der Waals surface area contributed by atoms with Crippen molar-refractivity contribution < 1.29 is 4.39 Å². The Morgan fingerprint density at radius 2 is 2.05 bits per heavy atom. The Morgan fingerprint density at radius 1 is 1.14 bits per heavy atom. The van der Waals surface area contributed by atoms with E-state index in [0.29, 0.717) is 18.5 Å². The van der Waals surface area contributed by atoms with Crippen molar-refractivity contribution in [3.05, 3.63) is 54.0 Å². The molecule has 4 heteroatoms. The quantitative estimate of drug-likeness (QED) is 0.685. The van der Waals surface area contributed by atoms with Crippen LogP contribution in [0.3, 0.4) is 0 Å². The first-order chi connectivity index (χ1) is 10.3. The molecule has 0 fully saturated rings. The van der Waals surface area contributed by atoms with Gasteiger partial charge in [0.2, 0.25) is 0 Å². The molecule has 0 aliphatic rings. The van der Waals surface area contributed by atoms with E-state index in [1.165, 1.54) is 0 Å². The minimum Gasteiger partial charge on any atom is -0.298 e. The molecule has 0 N–H and O–H groups in total. The third kappa shape index (κ3) is 2.50. The normalized spacial score (nSPS) is 10.7. The molecule has 0 unspecified atom stereocenters. The van der Waals surface area contributed by atoms with Crippen LogP contribution in [0.4, 0.5) is 4.39 Å². The Hall–Kier alpha value is -2.67. The van der Waals surface area contributed by atoms with E-state index in [-0.39, 0.29) is 0 Å². The summed E-state index contributed by atoms with van der Waals surface area (Å²) in [5, 5.41) is 0. The SMILES string of the molecule is C#CCCc1nc2ccccn2c1-c1cccc(CF)n1. The molecule has 3 rings (SSSR count). The van der Waals surface area contributed by atoms with Gasteiger partial charge in [-0.3, -0.25) is 4.40 Å². The summed E-state index contributed by atoms with van der Waals surface area (Å²) in [5.41, 5.74) is 3.75. The van der Waals surface area contributed by atoms with E-state index in [9.17, 15) is 4.39 Å². The average Bonchev–Trinajstić information content (AvgIpc) is 2.91. The molecule has 0 aliphatic heterocycles. The number of fused-ring (bicyclic) bond motifs is 1. The Kier molecular flexibility index (Phi) is 3.65. The fourth-order valence-electron chi connectivity index (χ4n) is 2.37. The van der Waals surface area contributed by atoms with Crippen LogP contribution in [0.1, 0.15) is 17.8 Å². The maximum Gasteiger partial charge on any atom is 0.137 e. The van der Waals surface area contributed by atoms with Crippen molar-refractivity contribution in [2.45, 2.75) is 19.5 Å². The molecule has 0 radical (unpaired) electrons. The molecule has 0 aliphatic carbocycles. The number of terminal acetylenes is 1. The molecular weight excluding hydrogens is 265 g/mol. The summed E-state index contributed by atoms with van der Waals surface area (Å²) >= 11 is 0. The zero-order valence-electron chi connectivity index (χ0n) is 11.5. The number of imidazole rings is 1. The standard InChI is InChI=1S/C17H14FN3/c1-2-3-8-15-17(14-9-6-7-13(12-18)19-14)21-11-5-4-10-16(21)20-15/h1,4-7,9-11H,3,8,12H2. The van der Waals surface area contributed by atoms with Crippen LogP contribution in [-0.4, -0.2) is 14.4 Å². The van der Waals surface area contributed by atoms with Crippen LogP contribution in [0.15, 0.2) is 42.6 Å². The third-order valence-corrected chi connectivity index (χ3v) is 3.29. The van der Waals surface area contributed by atoms with Gasteiger partial charge in [-0.2, -0.15) is 0 Å². The lowest BCUT2D eigenvalue weighted by Gasteiger charge is -2.05. The first-order valence-electron chi connectivity index (χ1n) is 6.75. The highest BCUT2D eigenvalue weighted by molar-refractivity contribution is 5.64. The number of hydrogen-bond acceptors (Lipinski definition) is 2. The lowest BCUT2D eigenvalue weighted by atomic mass is 10.1. The highest BCUT2D eigenvalue weighted by Crippen LogP contribution is 2.25. The van der Waals surface area contributed by atoms with E-state index in [1.807, 2.05) is 40.9 Å². The van der Waals surface area contributed by atoms with Gasteiger partial charge in [0, 0.05) is 19.0 Å². The van der Waals surface area contributed by atoms with Gasteiger partial charge in [-0.05, 0) is 24.3 Å². The summed E-state index contributed by atoms with van der Waals surface area (Å²) in [6, 6.07) is 11.2. The van der Waals surface area contributed by atoms with E-state index in [1.54, 1.807) is 6.07 Å². The number of pyridine rings is 2. The van der Waals surface area contributed by atoms with E-state index in [2.05, 4.69) is 15.9 Å². The van der Waals surface area contributed by atoms with Crippen LogP contribution in [0.5, 0.6) is 0 Å². The van der Waals surface area contributed by atoms with E-state index >= 15 is 0 Å². The number of aromatic nitrogens is 3. The third-order valence-electron chi connectivity index (χ3n) is 3.29. The second kappa shape index (κ2) is 5.76. The molecule has 3 nitrogen and oxygen atoms in total. The van der Waals surface area contributed by atoms with Gasteiger partial charge in [0.15, 0.2) is 0 Å². The highest BCUT2D eigenvalue weighted by Gasteiger charge is 2.14. The van der Waals surface area contributed by atoms with Crippen molar-refractivity contribution in [3.8, 4) is 23.7 Å². The lowest BCUT2D eigenvalue weighted by molar-refractivity contribution is 0.476. The summed E-state index contributed by atoms with van der Waals surface area (Å²) < 4.78 is 14.8. The number of nitrogens with zero attached hydrogens (tertiary/aromatic N) is 3. The molecule has 0 atom stereocenters. The maximum absolute atomic E-state index is 12.9. The molecule has 21 heavy (non-hydrogen) atoms. The minimum absolute atomic E-state index is 0.418. The first-order valence-corrected chi connectivity index (χ1v) is 6.75. The molecule has 0 spiro atoms. The van der Waals surface area contributed by atoms with Crippen molar-refractivity contribution in [2.75, 3.05) is 0 Å². The van der Waals surface area contributed by atoms with E-state index in [0.717, 1.165) is 22.7 Å². The molecule has 0 aromatic carbocycles. The fraction of sp³-hybridized carbons (Fsp3) is 0.176. The monoisotopic (exact) mass is 279 g/mol. The highest BCUT2D eigenvalue weighted by atomic mass is 19.1. The number of halogens is 1. The molecule has 0 amide bonds. The van der Waals surface area contributed by atoms with Crippen molar-refractivity contribution in [2.24, 2.45) is 0 Å². The molecular formula is C17H14FN3. The predicted octanol–water partition coefficient (Wildman–Crippen LogP) is 3.43. The van der Waals surface area contributed by atoms with Crippen LogP contribution in [0.2, 0.25) is 0 Å². The van der Waals surface area contributed by atoms with Crippen LogP contribution < -0.4 is 0 Å². The van der Waals surface area contributed by atoms with Gasteiger partial charge in [-0.15, -0.1) is 12.3 Å². The zero-order valence-corrected chi connectivity index (χ0v) is 11.5. The van der Waals surface area contributed by atoms with Gasteiger partial charge in [0.1, 0.15) is 12.3 Å². The smallest absolute Gasteiger partial charge is 0.137 e. The summed E-state index contributed by atoms with van der Waals surface area (Å²) in [6.45, 7) is -0.579. The van der Waals surface area contributed by atoms with Gasteiger partial charge < -0.3 is 0 Å². The topological polar surface area (TPSA) is 30.2 Å². The van der Waals surface area contributed by atoms with Gasteiger partial charge in [0.25, 0.3) is 0 Å². The van der Waals surface area contributed by atoms with Crippen molar-refractivity contribution in [3.63, 3.8) is 0 Å². The predicted molar refractivity (Wildman–Crippen MR) is 80.4 cm³/mol. The first kappa shape index (κ1) is 13.3. The number of rotatable bonds is 4. The minimum atomic E-state index is -0.579. The van der Waals surface area contributed by atoms with Crippen molar-refractivity contribution in [1.29, 1.82) is 0 Å². The molecule has 3 heterocycles. The Bertz CT molecular complexity index is 814. The second-order valence-corrected chi connectivity index (χ2v) is 4.69. The van der Waals surface area contributed by atoms with Gasteiger partial charge in [-0.25, -0.2) is 14.4 Å². The second-order valence-electron chi connectivity index (χ2n) is 4.69. The summed E-state index contributed by atoms with van der Waals surface area (Å²) in [4.78, 5) is 8.98. The largest absolute Gasteiger partial charge is 0.298 e. The van der Waals surface area contributed by atoms with E-state index in [4.69, 9.17) is 6.42 Å². The maximum atomic E-state index is 12.9. The zero-order chi connectivity index (χ0) is 14.7. The van der Waals surface area contributed by atoms with Crippen LogP contribution >= 0.6 is 0 Å². The fourth-order valence-corrected chi connectivity index (χ4v) is 2.37. The lowest BCUT2D eigenvalue weighted by Crippen LogP contribution is -1.96. The molecule has 3 aromatic rings. The van der Waals surface area contributed by atoms with Crippen molar-refractivity contribution in [1.82, 2.24) is 14.4 Å². The van der Waals surface area contributed by atoms with Gasteiger partial charge in [0.05, 0.1) is 22.8 Å². The Morgan fingerprint density at radius 3 is 2.86 bits per heavy atom. The molecule has 3 aromatic heterocycles. The van der Waals surface area contributed by atoms with Crippen molar-refractivity contribution >= 4 is 5.65 Å². The van der Waals surface area contributed by atoms with Crippen LogP contribution in [0, 0.1) is 12.3 Å². The summed E-state index contributed by atoms with van der Waals surface area (Å²) in [6.07, 6.45) is 8.57. The molecule has 104 valence electrons. The number of hydrogen-bond donors (Lipinski definition) is 0. The summed E-state index contributed by atoms with van der Waals surface area (Å²) in [5.74, 6) is 2.63. The summed E-state index contributed by atoms with van der Waals surface area (Å²) in [7, 11) is 0. The van der Waals surface area contributed by atoms with Gasteiger partial charge >= 0.3 is 0 Å². The van der Waals surface area contributed by atoms with Crippen LogP contribution in [0.25, 0.3) is 17.0 Å². The average molecular weight is 279 g/mol. The molecule has 0 saturated carbocycles. The molecule has 0 saturated heterocycles. The van der Waals surface area contributed by atoms with Gasteiger partial charge in [-0.1, -0.05) is 12.1 Å². The number of alkyl halides is 1. The Balaban J connectivity index is 2.20. The van der Waals surface area contributed by atoms with E-state index < -0.39 is 6.67 Å². The number of aryl methyl sites for hydroxylation is 1. The van der Waals surface area contributed by atoms with Crippen LogP contribution in [-0.2, 0) is 13.1 Å².